The van der Waals surface area contributed by atoms with Crippen molar-refractivity contribution in [3.05, 3.63) is 0 Å². The van der Waals surface area contributed by atoms with Crippen LogP contribution in [0.4, 0.5) is 0 Å². The smallest absolute Gasteiger partial charge is 0.222 e. The van der Waals surface area contributed by atoms with Crippen LogP contribution in [0.2, 0.25) is 0 Å². The van der Waals surface area contributed by atoms with E-state index in [0.717, 1.165) is 11.7 Å². The molecule has 92 valence electrons. The van der Waals surface area contributed by atoms with Crippen molar-refractivity contribution in [3.63, 3.8) is 0 Å². The van der Waals surface area contributed by atoms with Crippen LogP contribution in [0, 0.1) is 0 Å². The first-order valence-electron chi connectivity index (χ1n) is 6.00. The molecule has 1 amide bonds. The van der Waals surface area contributed by atoms with E-state index in [1.807, 2.05) is 21.6 Å². The van der Waals surface area contributed by atoms with Gasteiger partial charge in [0, 0.05) is 30.5 Å². The fourth-order valence-corrected chi connectivity index (χ4v) is 5.06. The van der Waals surface area contributed by atoms with Crippen molar-refractivity contribution in [1.82, 2.24) is 4.90 Å². The largest absolute Gasteiger partial charge is 0.389 e. The minimum absolute atomic E-state index is 0.221. The topological polar surface area (TPSA) is 40.5 Å². The van der Waals surface area contributed by atoms with E-state index in [1.165, 1.54) is 25.0 Å². The van der Waals surface area contributed by atoms with Crippen LogP contribution in [-0.2, 0) is 4.79 Å². The molecule has 0 bridgehead atoms. The Balaban J connectivity index is 1.49. The van der Waals surface area contributed by atoms with Crippen LogP contribution in [0.5, 0.6) is 0 Å². The van der Waals surface area contributed by atoms with Crippen molar-refractivity contribution in [3.8, 4) is 0 Å². The third-order valence-corrected chi connectivity index (χ3v) is 6.12. The number of nitrogens with zero attached hydrogens (tertiary/aromatic N) is 1. The van der Waals surface area contributed by atoms with Gasteiger partial charge in [0.05, 0.1) is 6.10 Å². The van der Waals surface area contributed by atoms with E-state index >= 15 is 0 Å². The summed E-state index contributed by atoms with van der Waals surface area (Å²) in [6, 6.07) is 0. The number of carbonyl (C=O) groups is 1. The fraction of sp³-hybridized carbons (Fsp3) is 0.909. The van der Waals surface area contributed by atoms with E-state index in [9.17, 15) is 4.79 Å². The first kappa shape index (κ1) is 12.6. The molecule has 1 unspecified atom stereocenters. The summed E-state index contributed by atoms with van der Waals surface area (Å²) in [5, 5.41) is 9.91. The summed E-state index contributed by atoms with van der Waals surface area (Å²) in [7, 11) is 3.99. The highest BCUT2D eigenvalue weighted by Gasteiger charge is 2.28. The number of β-amino-alcohol motifs (C(OH)–C–C–N with tert-alkyl or cyclic N) is 1. The number of rotatable bonds is 5. The molecule has 0 aromatic rings. The second kappa shape index (κ2) is 6.17. The summed E-state index contributed by atoms with van der Waals surface area (Å²) in [5.74, 6) is 1.51. The Morgan fingerprint density at radius 1 is 1.38 bits per heavy atom. The highest BCUT2D eigenvalue weighted by Crippen LogP contribution is 2.39. The van der Waals surface area contributed by atoms with Gasteiger partial charge >= 0.3 is 0 Å². The van der Waals surface area contributed by atoms with E-state index in [4.69, 9.17) is 5.11 Å². The van der Waals surface area contributed by atoms with Crippen LogP contribution in [0.25, 0.3) is 0 Å². The van der Waals surface area contributed by atoms with Gasteiger partial charge in [-0.3, -0.25) is 4.79 Å². The van der Waals surface area contributed by atoms with Crippen molar-refractivity contribution in [2.75, 3.05) is 18.8 Å². The molecule has 5 heteroatoms. The molecule has 2 fully saturated rings. The summed E-state index contributed by atoms with van der Waals surface area (Å²) >= 11 is 0. The molecule has 0 aliphatic carbocycles. The normalized spacial score (nSPS) is 25.8. The minimum Gasteiger partial charge on any atom is -0.389 e. The Labute approximate surface area is 105 Å². The molecular formula is C11H19NO2S2. The molecule has 2 aliphatic heterocycles. The molecule has 3 nitrogen and oxygen atoms in total. The predicted octanol–water partition coefficient (Wildman–Crippen LogP) is 1.90. The lowest BCUT2D eigenvalue weighted by Gasteiger charge is -2.35. The number of likely N-dealkylation sites (tertiary alicyclic amines) is 1. The molecule has 0 spiro atoms. The standard InChI is InChI=1S/C11H19NO2S2/c13-9-7-12(8-9)11(14)4-2-1-3-10-5-6-15-16-10/h9-10,13H,1-8H2. The molecule has 0 radical (unpaired) electrons. The van der Waals surface area contributed by atoms with Crippen LogP contribution in [0.1, 0.15) is 32.1 Å². The van der Waals surface area contributed by atoms with E-state index in [-0.39, 0.29) is 12.0 Å². The SMILES string of the molecule is O=C(CCCCC1CCSS1)N1CC(O)C1. The van der Waals surface area contributed by atoms with Crippen LogP contribution >= 0.6 is 21.6 Å². The van der Waals surface area contributed by atoms with Gasteiger partial charge in [-0.2, -0.15) is 0 Å². The van der Waals surface area contributed by atoms with Crippen molar-refractivity contribution in [2.45, 2.75) is 43.5 Å². The lowest BCUT2D eigenvalue weighted by molar-refractivity contribution is -0.141. The summed E-state index contributed by atoms with van der Waals surface area (Å²) in [5.41, 5.74) is 0. The second-order valence-corrected chi connectivity index (χ2v) is 7.31. The Morgan fingerprint density at radius 3 is 2.81 bits per heavy atom. The van der Waals surface area contributed by atoms with Crippen LogP contribution in [0.3, 0.4) is 0 Å². The molecular weight excluding hydrogens is 242 g/mol. The maximum Gasteiger partial charge on any atom is 0.222 e. The summed E-state index contributed by atoms with van der Waals surface area (Å²) in [6.07, 6.45) is 5.16. The third kappa shape index (κ3) is 3.57. The minimum atomic E-state index is -0.268. The molecule has 2 heterocycles. The van der Waals surface area contributed by atoms with E-state index < -0.39 is 0 Å². The zero-order valence-corrected chi connectivity index (χ0v) is 11.1. The Morgan fingerprint density at radius 2 is 2.19 bits per heavy atom. The molecule has 1 atom stereocenters. The van der Waals surface area contributed by atoms with Gasteiger partial charge in [0.15, 0.2) is 0 Å². The quantitative estimate of drug-likeness (QED) is 0.606. The lowest BCUT2D eigenvalue weighted by Crippen LogP contribution is -2.53. The van der Waals surface area contributed by atoms with Gasteiger partial charge in [-0.1, -0.05) is 28.0 Å². The third-order valence-electron chi connectivity index (χ3n) is 3.11. The first-order valence-corrected chi connectivity index (χ1v) is 8.38. The molecule has 0 saturated carbocycles. The van der Waals surface area contributed by atoms with Gasteiger partial charge in [-0.15, -0.1) is 0 Å². The number of aliphatic hydroxyl groups excluding tert-OH is 1. The fourth-order valence-electron chi connectivity index (χ4n) is 2.03. The number of carbonyl (C=O) groups excluding carboxylic acids is 1. The molecule has 16 heavy (non-hydrogen) atoms. The van der Waals surface area contributed by atoms with Gasteiger partial charge in [0.1, 0.15) is 0 Å². The number of aliphatic hydroxyl groups is 1. The second-order valence-electron chi connectivity index (χ2n) is 4.53. The Bertz CT molecular complexity index is 238. The summed E-state index contributed by atoms with van der Waals surface area (Å²) in [6.45, 7) is 1.10. The average molecular weight is 261 g/mol. The molecule has 0 aromatic carbocycles. The zero-order valence-electron chi connectivity index (χ0n) is 9.43. The van der Waals surface area contributed by atoms with Crippen molar-refractivity contribution in [1.29, 1.82) is 0 Å². The number of hydrogen-bond acceptors (Lipinski definition) is 4. The van der Waals surface area contributed by atoms with E-state index in [0.29, 0.717) is 19.5 Å². The molecule has 2 aliphatic rings. The molecule has 1 N–H and O–H groups in total. The van der Waals surface area contributed by atoms with E-state index in [1.54, 1.807) is 4.90 Å². The summed E-state index contributed by atoms with van der Waals surface area (Å²) in [4.78, 5) is 13.3. The Kier molecular flexibility index (Phi) is 4.85. The van der Waals surface area contributed by atoms with Gasteiger partial charge in [0.25, 0.3) is 0 Å². The number of amides is 1. The van der Waals surface area contributed by atoms with Crippen LogP contribution < -0.4 is 0 Å². The highest BCUT2D eigenvalue weighted by molar-refractivity contribution is 8.77. The van der Waals surface area contributed by atoms with E-state index in [2.05, 4.69) is 0 Å². The number of unbranched alkanes of at least 4 members (excludes halogenated alkanes) is 1. The Hall–Kier alpha value is 0.130. The number of hydrogen-bond donors (Lipinski definition) is 1. The molecule has 2 saturated heterocycles. The van der Waals surface area contributed by atoms with Gasteiger partial charge in [0.2, 0.25) is 5.91 Å². The zero-order chi connectivity index (χ0) is 11.4. The van der Waals surface area contributed by atoms with Gasteiger partial charge in [-0.05, 0) is 19.3 Å². The van der Waals surface area contributed by atoms with Gasteiger partial charge < -0.3 is 10.0 Å². The average Bonchev–Trinajstić information content (AvgIpc) is 2.72. The maximum atomic E-state index is 11.6. The monoisotopic (exact) mass is 261 g/mol. The first-order chi connectivity index (χ1) is 7.75. The molecule has 2 rings (SSSR count). The summed E-state index contributed by atoms with van der Waals surface area (Å²) < 4.78 is 0. The predicted molar refractivity (Wildman–Crippen MR) is 69.5 cm³/mol. The van der Waals surface area contributed by atoms with Crippen LogP contribution in [-0.4, -0.2) is 46.1 Å². The molecule has 0 aromatic heterocycles. The van der Waals surface area contributed by atoms with Crippen molar-refractivity contribution < 1.29 is 9.90 Å². The highest BCUT2D eigenvalue weighted by atomic mass is 33.1. The van der Waals surface area contributed by atoms with Crippen LogP contribution in [0.15, 0.2) is 0 Å². The lowest BCUT2D eigenvalue weighted by atomic mass is 10.1. The maximum absolute atomic E-state index is 11.6. The van der Waals surface area contributed by atoms with Crippen molar-refractivity contribution >= 4 is 27.5 Å². The van der Waals surface area contributed by atoms with Crippen molar-refractivity contribution in [2.24, 2.45) is 0 Å². The van der Waals surface area contributed by atoms with Gasteiger partial charge in [-0.25, -0.2) is 0 Å².